The van der Waals surface area contributed by atoms with E-state index in [0.29, 0.717) is 0 Å². The predicted octanol–water partition coefficient (Wildman–Crippen LogP) is 0.352. The van der Waals surface area contributed by atoms with E-state index in [1.54, 1.807) is 0 Å². The van der Waals surface area contributed by atoms with Crippen molar-refractivity contribution in [1.29, 1.82) is 10.5 Å². The first-order valence-corrected chi connectivity index (χ1v) is 0.447. The first-order chi connectivity index (χ1) is 2.00. The Morgan fingerprint density at radius 3 is 0.833 bits per heavy atom. The average molecular weight is 266 g/mol. The van der Waals surface area contributed by atoms with Gasteiger partial charge in [0, 0.05) is 0 Å². The van der Waals surface area contributed by atoms with Gasteiger partial charge in [0.25, 0.3) is 0 Å². The van der Waals surface area contributed by atoms with Crippen molar-refractivity contribution in [2.24, 2.45) is 0 Å². The molecule has 3 N–H and O–H groups in total. The van der Waals surface area contributed by atoms with E-state index in [1.807, 2.05) is 0 Å². The molecule has 0 aliphatic heterocycles. The van der Waals surface area contributed by atoms with Crippen LogP contribution in [0, 0.1) is 23.7 Å². The van der Waals surface area contributed by atoms with E-state index in [-0.39, 0.29) is 28.5 Å². The van der Waals surface area contributed by atoms with Crippen molar-refractivity contribution in [2.45, 2.75) is 0 Å². The van der Waals surface area contributed by atoms with Gasteiger partial charge in [-0.2, -0.15) is 0 Å². The van der Waals surface area contributed by atoms with Gasteiger partial charge >= 0.3 is 22.4 Å². The van der Waals surface area contributed by atoms with Gasteiger partial charge in [-0.05, 0) is 0 Å². The third-order valence-corrected chi connectivity index (χ3v) is 0. The molecule has 0 aromatic carbocycles. The fourth-order valence-electron chi connectivity index (χ4n) is 0. The SMILES string of the molecule is N.[Au+3].[C-]#N.[C-]#N. The molecule has 0 bridgehead atoms. The molecule has 0 aliphatic rings. The van der Waals surface area contributed by atoms with Crippen LogP contribution >= 0.6 is 0 Å². The predicted molar refractivity (Wildman–Crippen MR) is 15.0 cm³/mol. The maximum atomic E-state index is 6.25. The summed E-state index contributed by atoms with van der Waals surface area (Å²) >= 11 is 0. The quantitative estimate of drug-likeness (QED) is 0.507. The Bertz CT molecular complexity index is 24.3. The first-order valence-electron chi connectivity index (χ1n) is 0.447. The van der Waals surface area contributed by atoms with Crippen molar-refractivity contribution in [2.75, 3.05) is 0 Å². The largest absolute Gasteiger partial charge is 3.00 e. The summed E-state index contributed by atoms with van der Waals surface area (Å²) in [5, 5.41) is 12.5. The van der Waals surface area contributed by atoms with Crippen LogP contribution in [-0.4, -0.2) is 0 Å². The second-order valence-electron chi connectivity index (χ2n) is 0. The molecule has 0 fully saturated rings. The van der Waals surface area contributed by atoms with Crippen LogP contribution in [0.4, 0.5) is 0 Å². The van der Waals surface area contributed by atoms with E-state index < -0.39 is 0 Å². The fourth-order valence-corrected chi connectivity index (χ4v) is 0. The summed E-state index contributed by atoms with van der Waals surface area (Å²) in [4.78, 5) is 0. The van der Waals surface area contributed by atoms with E-state index in [0.717, 1.165) is 0 Å². The molecule has 0 rings (SSSR count). The Kier molecular flexibility index (Phi) is 4550. The molecule has 0 spiro atoms. The molecule has 0 heterocycles. The number of nitrogens with zero attached hydrogens (tertiary/aromatic N) is 2. The Hall–Kier alpha value is -0.320. The van der Waals surface area contributed by atoms with Crippen molar-refractivity contribution >= 4 is 0 Å². The maximum Gasteiger partial charge on any atom is 3.00 e. The van der Waals surface area contributed by atoms with Gasteiger partial charge in [0.1, 0.15) is 0 Å². The van der Waals surface area contributed by atoms with Crippen molar-refractivity contribution in [1.82, 2.24) is 6.15 Å². The van der Waals surface area contributed by atoms with E-state index in [2.05, 4.69) is 0 Å². The molecule has 0 aromatic heterocycles. The molecule has 0 unspecified atom stereocenters. The second kappa shape index (κ2) is 620. The Balaban J connectivity index is -0.00000000500. The molecule has 0 amide bonds. The Morgan fingerprint density at radius 1 is 0.833 bits per heavy atom. The number of rotatable bonds is 0. The van der Waals surface area contributed by atoms with Gasteiger partial charge in [0.05, 0.1) is 0 Å². The third-order valence-electron chi connectivity index (χ3n) is 0. The molecule has 6 heavy (non-hydrogen) atoms. The monoisotopic (exact) mass is 266 g/mol. The smallest absolute Gasteiger partial charge is 0.512 e. The molecule has 36 valence electrons. The van der Waals surface area contributed by atoms with Crippen molar-refractivity contribution in [3.63, 3.8) is 0 Å². The summed E-state index contributed by atoms with van der Waals surface area (Å²) in [6.45, 7) is 9.50. The zero-order chi connectivity index (χ0) is 4.00. The summed E-state index contributed by atoms with van der Waals surface area (Å²) in [5.74, 6) is 0. The minimum absolute atomic E-state index is 0. The molecule has 4 heteroatoms. The molecule has 0 aliphatic carbocycles. The molecule has 0 saturated carbocycles. The summed E-state index contributed by atoms with van der Waals surface area (Å²) in [6, 6.07) is 0. The zero-order valence-corrected chi connectivity index (χ0v) is 5.07. The summed E-state index contributed by atoms with van der Waals surface area (Å²) in [5.41, 5.74) is 0. The summed E-state index contributed by atoms with van der Waals surface area (Å²) in [7, 11) is 0. The van der Waals surface area contributed by atoms with E-state index in [1.165, 1.54) is 0 Å². The Labute approximate surface area is 52.7 Å². The van der Waals surface area contributed by atoms with Gasteiger partial charge in [-0.1, -0.05) is 0 Å². The van der Waals surface area contributed by atoms with Crippen LogP contribution in [0.25, 0.3) is 0 Å². The van der Waals surface area contributed by atoms with Crippen LogP contribution in [-0.2, 0) is 22.4 Å². The third kappa shape index (κ3) is 259. The second-order valence-corrected chi connectivity index (χ2v) is 0. The summed E-state index contributed by atoms with van der Waals surface area (Å²) < 4.78 is 0. The number of hydrogen-bond acceptors (Lipinski definition) is 3. The zero-order valence-electron chi connectivity index (χ0n) is 2.90. The topological polar surface area (TPSA) is 82.6 Å². The van der Waals surface area contributed by atoms with Gasteiger partial charge < -0.3 is 29.8 Å². The van der Waals surface area contributed by atoms with Crippen molar-refractivity contribution in [3.8, 4) is 0 Å². The molecular formula is C2H3AuN3+. The van der Waals surface area contributed by atoms with E-state index in [9.17, 15) is 0 Å². The molecule has 3 nitrogen and oxygen atoms in total. The van der Waals surface area contributed by atoms with E-state index >= 15 is 0 Å². The van der Waals surface area contributed by atoms with Crippen LogP contribution in [0.5, 0.6) is 0 Å². The van der Waals surface area contributed by atoms with Gasteiger partial charge in [-0.25, -0.2) is 0 Å². The average Bonchev–Trinajstić information content (AvgIpc) is 1.50. The van der Waals surface area contributed by atoms with Crippen LogP contribution in [0.2, 0.25) is 0 Å². The number of hydrogen-bond donors (Lipinski definition) is 1. The van der Waals surface area contributed by atoms with Crippen LogP contribution in [0.15, 0.2) is 0 Å². The molecule has 0 atom stereocenters. The minimum atomic E-state index is 0. The van der Waals surface area contributed by atoms with Crippen molar-refractivity contribution in [3.05, 3.63) is 13.1 Å². The normalized spacial score (nSPS) is 0.667. The standard InChI is InChI=1S/2CN.Au.H3N/c2*1-2;;/h;;;1H3/q2*-1;+3;. The molecule has 0 saturated heterocycles. The van der Waals surface area contributed by atoms with Gasteiger partial charge in [-0.3, -0.25) is 0 Å². The summed E-state index contributed by atoms with van der Waals surface area (Å²) in [6.07, 6.45) is 0. The van der Waals surface area contributed by atoms with Gasteiger partial charge in [0.2, 0.25) is 0 Å². The molecular weight excluding hydrogens is 263 g/mol. The first kappa shape index (κ1) is 44.1. The van der Waals surface area contributed by atoms with Crippen LogP contribution in [0.3, 0.4) is 0 Å². The molecule has 0 aromatic rings. The molecule has 0 radical (unpaired) electrons. The van der Waals surface area contributed by atoms with Crippen LogP contribution < -0.4 is 6.15 Å². The minimum Gasteiger partial charge on any atom is -0.512 e. The van der Waals surface area contributed by atoms with E-state index in [4.69, 9.17) is 23.7 Å². The Morgan fingerprint density at radius 2 is 0.833 bits per heavy atom. The maximum absolute atomic E-state index is 6.25. The fraction of sp³-hybridized carbons (Fsp3) is 0. The van der Waals surface area contributed by atoms with Gasteiger partial charge in [0.15, 0.2) is 0 Å². The van der Waals surface area contributed by atoms with Crippen LogP contribution in [0.1, 0.15) is 0 Å². The van der Waals surface area contributed by atoms with Gasteiger partial charge in [-0.15, -0.1) is 0 Å². The van der Waals surface area contributed by atoms with Crippen molar-refractivity contribution < 1.29 is 22.4 Å².